The summed E-state index contributed by atoms with van der Waals surface area (Å²) in [5, 5.41) is 2.76. The Balaban J connectivity index is 1.79. The second kappa shape index (κ2) is 8.30. The summed E-state index contributed by atoms with van der Waals surface area (Å²) in [7, 11) is -3.07. The van der Waals surface area contributed by atoms with Crippen molar-refractivity contribution in [1.29, 1.82) is 0 Å². The van der Waals surface area contributed by atoms with Crippen molar-refractivity contribution in [3.8, 4) is 11.4 Å². The van der Waals surface area contributed by atoms with E-state index in [1.54, 1.807) is 18.2 Å². The molecule has 0 radical (unpaired) electrons. The predicted molar refractivity (Wildman–Crippen MR) is 109 cm³/mol. The standard InChI is InChI=1S/C17H12BrCl2F3N3O2P/c1-29(27,26-14-5-4-11(18)7-12(14)19)8-10-3-2-9(6-13(10)21)15-24-16(28-25-15)17(20,22)23/h2-7H,8H2,1H3,(H,26,27). The highest BCUT2D eigenvalue weighted by atomic mass is 79.9. The van der Waals surface area contributed by atoms with Gasteiger partial charge in [-0.05, 0) is 41.4 Å². The molecule has 0 fully saturated rings. The summed E-state index contributed by atoms with van der Waals surface area (Å²) in [6.45, 7) is 1.47. The van der Waals surface area contributed by atoms with Crippen molar-refractivity contribution in [2.75, 3.05) is 11.8 Å². The largest absolute Gasteiger partial charge is 0.400 e. The van der Waals surface area contributed by atoms with Gasteiger partial charge in [0.15, 0.2) is 7.29 Å². The van der Waals surface area contributed by atoms with E-state index in [1.165, 1.54) is 18.8 Å². The van der Waals surface area contributed by atoms with Gasteiger partial charge in [0.2, 0.25) is 5.82 Å². The summed E-state index contributed by atoms with van der Waals surface area (Å²) in [5.74, 6) is -2.03. The maximum atomic E-state index is 14.5. The average molecular weight is 529 g/mol. The van der Waals surface area contributed by atoms with E-state index >= 15 is 0 Å². The van der Waals surface area contributed by atoms with Crippen molar-refractivity contribution < 1.29 is 22.3 Å². The van der Waals surface area contributed by atoms with Crippen LogP contribution in [0.15, 0.2) is 45.4 Å². The Hall–Kier alpha value is -1.54. The second-order valence-corrected chi connectivity index (χ2v) is 10.8. The van der Waals surface area contributed by atoms with Crippen molar-refractivity contribution in [1.82, 2.24) is 10.1 Å². The number of alkyl halides is 3. The van der Waals surface area contributed by atoms with Gasteiger partial charge in [-0.1, -0.05) is 44.8 Å². The van der Waals surface area contributed by atoms with Crippen LogP contribution in [0.2, 0.25) is 5.02 Å². The Labute approximate surface area is 182 Å². The van der Waals surface area contributed by atoms with Crippen molar-refractivity contribution in [3.05, 3.63) is 63.2 Å². The summed E-state index contributed by atoms with van der Waals surface area (Å²) in [5.41, 5.74) is 0.725. The summed E-state index contributed by atoms with van der Waals surface area (Å²) in [6.07, 6.45) is -0.108. The topological polar surface area (TPSA) is 68.0 Å². The molecule has 29 heavy (non-hydrogen) atoms. The number of halogens is 6. The van der Waals surface area contributed by atoms with E-state index in [1.807, 2.05) is 0 Å². The fourth-order valence-corrected chi connectivity index (χ4v) is 5.02. The highest BCUT2D eigenvalue weighted by Gasteiger charge is 2.35. The molecule has 3 aromatic rings. The molecule has 1 unspecified atom stereocenters. The van der Waals surface area contributed by atoms with Gasteiger partial charge in [0.05, 0.1) is 10.7 Å². The van der Waals surface area contributed by atoms with E-state index in [0.29, 0.717) is 10.7 Å². The molecule has 0 amide bonds. The summed E-state index contributed by atoms with van der Waals surface area (Å²) < 4.78 is 58.6. The first kappa shape index (κ1) is 22.2. The van der Waals surface area contributed by atoms with Crippen molar-refractivity contribution in [2.24, 2.45) is 0 Å². The molecule has 12 heteroatoms. The van der Waals surface area contributed by atoms with Crippen molar-refractivity contribution in [3.63, 3.8) is 0 Å². The number of nitrogens with one attached hydrogen (secondary N) is 1. The Kier molecular flexibility index (Phi) is 6.34. The molecule has 0 saturated carbocycles. The molecule has 1 heterocycles. The van der Waals surface area contributed by atoms with Crippen LogP contribution in [0.5, 0.6) is 0 Å². The number of anilines is 1. The third-order valence-electron chi connectivity index (χ3n) is 3.74. The van der Waals surface area contributed by atoms with Gasteiger partial charge in [0.25, 0.3) is 0 Å². The minimum Gasteiger partial charge on any atom is -0.335 e. The minimum atomic E-state index is -3.82. The zero-order valence-electron chi connectivity index (χ0n) is 14.6. The van der Waals surface area contributed by atoms with E-state index in [9.17, 15) is 17.7 Å². The van der Waals surface area contributed by atoms with E-state index in [2.05, 4.69) is 35.7 Å². The van der Waals surface area contributed by atoms with Crippen LogP contribution in [0.1, 0.15) is 11.5 Å². The Morgan fingerprint density at radius 1 is 1.28 bits per heavy atom. The maximum Gasteiger partial charge on any atom is 0.400 e. The van der Waals surface area contributed by atoms with Crippen molar-refractivity contribution in [2.45, 2.75) is 11.5 Å². The zero-order chi connectivity index (χ0) is 21.4. The smallest absolute Gasteiger partial charge is 0.335 e. The highest BCUT2D eigenvalue weighted by molar-refractivity contribution is 9.10. The lowest BCUT2D eigenvalue weighted by atomic mass is 10.1. The quantitative estimate of drug-likeness (QED) is 0.273. The first-order valence-electron chi connectivity index (χ1n) is 7.94. The molecular weight excluding hydrogens is 517 g/mol. The van der Waals surface area contributed by atoms with E-state index in [0.717, 1.165) is 10.5 Å². The lowest BCUT2D eigenvalue weighted by molar-refractivity contribution is 0.0551. The molecule has 0 bridgehead atoms. The highest BCUT2D eigenvalue weighted by Crippen LogP contribution is 2.47. The molecule has 154 valence electrons. The first-order chi connectivity index (χ1) is 13.4. The van der Waals surface area contributed by atoms with Gasteiger partial charge < -0.3 is 14.2 Å². The molecule has 1 aromatic heterocycles. The third-order valence-corrected chi connectivity index (χ3v) is 6.37. The van der Waals surface area contributed by atoms with Gasteiger partial charge in [-0.15, -0.1) is 0 Å². The molecule has 2 aromatic carbocycles. The van der Waals surface area contributed by atoms with Gasteiger partial charge in [-0.25, -0.2) is 4.39 Å². The van der Waals surface area contributed by atoms with Crippen molar-refractivity contribution >= 4 is 52.1 Å². The summed E-state index contributed by atoms with van der Waals surface area (Å²) >= 11 is 14.2. The van der Waals surface area contributed by atoms with Gasteiger partial charge >= 0.3 is 11.3 Å². The minimum absolute atomic E-state index is 0.108. The molecule has 0 saturated heterocycles. The molecule has 1 atom stereocenters. The van der Waals surface area contributed by atoms with Gasteiger partial charge in [0, 0.05) is 22.9 Å². The molecule has 0 aliphatic carbocycles. The van der Waals surface area contributed by atoms with Gasteiger partial charge in [-0.2, -0.15) is 13.8 Å². The molecule has 5 nitrogen and oxygen atoms in total. The van der Waals surface area contributed by atoms with E-state index in [-0.39, 0.29) is 23.1 Å². The normalized spacial score (nSPS) is 13.9. The number of rotatable bonds is 6. The predicted octanol–water partition coefficient (Wildman–Crippen LogP) is 7.10. The van der Waals surface area contributed by atoms with Crippen LogP contribution in [0.4, 0.5) is 18.9 Å². The lowest BCUT2D eigenvalue weighted by Crippen LogP contribution is -2.03. The van der Waals surface area contributed by atoms with Crippen LogP contribution in [0.25, 0.3) is 11.4 Å². The fraction of sp³-hybridized carbons (Fsp3) is 0.176. The van der Waals surface area contributed by atoms with E-state index in [4.69, 9.17) is 23.2 Å². The molecular formula is C17H12BrCl2F3N3O2P. The number of hydrogen-bond donors (Lipinski definition) is 1. The molecule has 0 spiro atoms. The summed E-state index contributed by atoms with van der Waals surface area (Å²) in [6, 6.07) is 8.86. The van der Waals surface area contributed by atoms with Crippen LogP contribution in [0.3, 0.4) is 0 Å². The molecule has 1 N–H and O–H groups in total. The monoisotopic (exact) mass is 527 g/mol. The van der Waals surface area contributed by atoms with Gasteiger partial charge in [-0.3, -0.25) is 0 Å². The fourth-order valence-electron chi connectivity index (χ4n) is 2.47. The Morgan fingerprint density at radius 3 is 2.59 bits per heavy atom. The number of aromatic nitrogens is 2. The lowest BCUT2D eigenvalue weighted by Gasteiger charge is -2.18. The summed E-state index contributed by atoms with van der Waals surface area (Å²) in [4.78, 5) is 3.46. The number of nitrogens with zero attached hydrogens (tertiary/aromatic N) is 2. The van der Waals surface area contributed by atoms with Crippen LogP contribution >= 0.6 is 46.4 Å². The van der Waals surface area contributed by atoms with Gasteiger partial charge in [0.1, 0.15) is 5.82 Å². The Bertz CT molecular complexity index is 1110. The molecule has 3 rings (SSSR count). The average Bonchev–Trinajstić information content (AvgIpc) is 3.09. The van der Waals surface area contributed by atoms with E-state index < -0.39 is 24.4 Å². The maximum absolute atomic E-state index is 14.5. The van der Waals surface area contributed by atoms with Crippen LogP contribution < -0.4 is 5.09 Å². The third kappa shape index (κ3) is 5.54. The molecule has 0 aliphatic rings. The first-order valence-corrected chi connectivity index (χ1v) is 11.8. The molecule has 0 aliphatic heterocycles. The Morgan fingerprint density at radius 2 is 2.00 bits per heavy atom. The SMILES string of the molecule is CP(=O)(Cc1ccc(-c2noc(C(F)(F)Cl)n2)cc1F)Nc1ccc(Br)cc1Cl. The van der Waals surface area contributed by atoms with Crippen LogP contribution in [-0.2, 0) is 16.1 Å². The second-order valence-electron chi connectivity index (χ2n) is 6.22. The van der Waals surface area contributed by atoms with Crippen LogP contribution in [0, 0.1) is 5.82 Å². The zero-order valence-corrected chi connectivity index (χ0v) is 18.6. The van der Waals surface area contributed by atoms with Crippen LogP contribution in [-0.4, -0.2) is 16.8 Å². The number of benzene rings is 2. The number of hydrogen-bond acceptors (Lipinski definition) is 4.